The lowest BCUT2D eigenvalue weighted by atomic mass is 9.84. The summed E-state index contributed by atoms with van der Waals surface area (Å²) < 4.78 is 2.42. The van der Waals surface area contributed by atoms with Gasteiger partial charge in [-0.25, -0.2) is 4.98 Å². The number of rotatable bonds is 5. The number of fused-ring (bicyclic) bond motifs is 9. The summed E-state index contributed by atoms with van der Waals surface area (Å²) >= 11 is 1.83. The maximum absolute atomic E-state index is 5.65. The first-order valence-corrected chi connectivity index (χ1v) is 21.6. The molecule has 0 aliphatic heterocycles. The van der Waals surface area contributed by atoms with Gasteiger partial charge in [0.1, 0.15) is 0 Å². The molecule has 284 valence electrons. The standard InChI is InChI=1S/C57H40N2S/c1-57(2,3)38-28-30-39(31-29-38)59-55-43-25-13-11-23-41(43)40-22-10-12-24-42(40)54(55)58-56(59)49-33-32-48(60-49)47-34-46(35-16-6-4-7-17-35)52-44-26-14-20-36-21-15-27-45(50(36)44)53(52)51(47)37-18-8-5-9-19-37/h4-34H,1-3H3. The van der Waals surface area contributed by atoms with E-state index >= 15 is 0 Å². The number of imidazole rings is 1. The Labute approximate surface area is 353 Å². The SMILES string of the molecule is CC(C)(C)c1ccc(-n2c(-c3ccc(-c4cc(-c5ccccc5)c5c(c4-c4ccccc4)-c4cccc6cccc-5c46)s3)nc3c4ccccc4c4ccccc4c32)cc1. The third kappa shape index (κ3) is 5.22. The van der Waals surface area contributed by atoms with Crippen molar-refractivity contribution in [2.24, 2.45) is 0 Å². The molecule has 0 saturated heterocycles. The van der Waals surface area contributed by atoms with Crippen LogP contribution in [0.2, 0.25) is 0 Å². The molecule has 2 aromatic heterocycles. The summed E-state index contributed by atoms with van der Waals surface area (Å²) in [6, 6.07) is 69.3. The maximum Gasteiger partial charge on any atom is 0.155 e. The van der Waals surface area contributed by atoms with Crippen LogP contribution >= 0.6 is 11.3 Å². The molecule has 2 heterocycles. The van der Waals surface area contributed by atoms with Crippen LogP contribution in [0.3, 0.4) is 0 Å². The van der Waals surface area contributed by atoms with Gasteiger partial charge in [-0.1, -0.05) is 178 Å². The van der Waals surface area contributed by atoms with Gasteiger partial charge in [-0.3, -0.25) is 4.57 Å². The van der Waals surface area contributed by atoms with Gasteiger partial charge in [-0.2, -0.15) is 0 Å². The molecule has 0 saturated carbocycles. The van der Waals surface area contributed by atoms with Crippen molar-refractivity contribution in [3.8, 4) is 71.3 Å². The van der Waals surface area contributed by atoms with E-state index in [2.05, 4.69) is 213 Å². The average Bonchev–Trinajstić information content (AvgIpc) is 4.03. The van der Waals surface area contributed by atoms with E-state index < -0.39 is 0 Å². The molecule has 12 rings (SSSR count). The van der Waals surface area contributed by atoms with Crippen molar-refractivity contribution < 1.29 is 0 Å². The first kappa shape index (κ1) is 34.9. The summed E-state index contributed by atoms with van der Waals surface area (Å²) in [5.74, 6) is 0.953. The quantitative estimate of drug-likeness (QED) is 0.159. The highest BCUT2D eigenvalue weighted by atomic mass is 32.1. The van der Waals surface area contributed by atoms with Gasteiger partial charge in [0.25, 0.3) is 0 Å². The van der Waals surface area contributed by atoms with Crippen molar-refractivity contribution in [3.63, 3.8) is 0 Å². The van der Waals surface area contributed by atoms with Crippen molar-refractivity contribution in [1.29, 1.82) is 0 Å². The first-order valence-electron chi connectivity index (χ1n) is 20.8. The van der Waals surface area contributed by atoms with Gasteiger partial charge < -0.3 is 0 Å². The first-order chi connectivity index (χ1) is 29.4. The number of aromatic nitrogens is 2. The Morgan fingerprint density at radius 3 is 1.72 bits per heavy atom. The van der Waals surface area contributed by atoms with Crippen LogP contribution in [0.25, 0.3) is 115 Å². The van der Waals surface area contributed by atoms with Gasteiger partial charge in [-0.05, 0) is 107 Å². The molecule has 0 amide bonds. The van der Waals surface area contributed by atoms with Crippen LogP contribution < -0.4 is 0 Å². The fraction of sp³-hybridized carbons (Fsp3) is 0.0702. The molecule has 2 nitrogen and oxygen atoms in total. The van der Waals surface area contributed by atoms with Crippen molar-refractivity contribution in [1.82, 2.24) is 9.55 Å². The Morgan fingerprint density at radius 1 is 0.450 bits per heavy atom. The highest BCUT2D eigenvalue weighted by molar-refractivity contribution is 7.18. The molecule has 11 aromatic rings. The zero-order valence-electron chi connectivity index (χ0n) is 33.7. The normalized spacial score (nSPS) is 12.2. The van der Waals surface area contributed by atoms with E-state index in [1.807, 2.05) is 11.3 Å². The Morgan fingerprint density at radius 2 is 1.03 bits per heavy atom. The monoisotopic (exact) mass is 784 g/mol. The Hall–Kier alpha value is -7.07. The smallest absolute Gasteiger partial charge is 0.155 e. The molecule has 0 N–H and O–H groups in total. The van der Waals surface area contributed by atoms with Gasteiger partial charge in [0.05, 0.1) is 15.9 Å². The van der Waals surface area contributed by atoms with E-state index in [4.69, 9.17) is 4.98 Å². The van der Waals surface area contributed by atoms with E-state index in [-0.39, 0.29) is 5.41 Å². The lowest BCUT2D eigenvalue weighted by molar-refractivity contribution is 0.590. The van der Waals surface area contributed by atoms with Crippen LogP contribution in [0, 0.1) is 0 Å². The molecule has 0 fully saturated rings. The van der Waals surface area contributed by atoms with E-state index in [9.17, 15) is 0 Å². The largest absolute Gasteiger partial charge is 0.291 e. The van der Waals surface area contributed by atoms with Crippen molar-refractivity contribution in [2.45, 2.75) is 26.2 Å². The van der Waals surface area contributed by atoms with Crippen LogP contribution in [0.4, 0.5) is 0 Å². The summed E-state index contributed by atoms with van der Waals surface area (Å²) in [6.45, 7) is 6.83. The molecular weight excluding hydrogens is 745 g/mol. The highest BCUT2D eigenvalue weighted by Crippen LogP contribution is 2.58. The Bertz CT molecular complexity index is 3490. The molecule has 1 aliphatic rings. The van der Waals surface area contributed by atoms with Gasteiger partial charge in [0.15, 0.2) is 5.82 Å². The number of benzene rings is 9. The van der Waals surface area contributed by atoms with E-state index in [0.717, 1.165) is 27.4 Å². The molecule has 60 heavy (non-hydrogen) atoms. The van der Waals surface area contributed by atoms with Crippen molar-refractivity contribution in [2.75, 3.05) is 0 Å². The molecule has 0 bridgehead atoms. The molecule has 0 unspecified atom stereocenters. The van der Waals surface area contributed by atoms with Crippen molar-refractivity contribution in [3.05, 3.63) is 194 Å². The Balaban J connectivity index is 1.16. The summed E-state index contributed by atoms with van der Waals surface area (Å²) in [7, 11) is 0. The fourth-order valence-corrected chi connectivity index (χ4v) is 10.8. The summed E-state index contributed by atoms with van der Waals surface area (Å²) in [4.78, 5) is 7.98. The fourth-order valence-electron chi connectivity index (χ4n) is 9.77. The van der Waals surface area contributed by atoms with Gasteiger partial charge in [0, 0.05) is 26.9 Å². The minimum Gasteiger partial charge on any atom is -0.291 e. The molecule has 0 radical (unpaired) electrons. The molecule has 1 aliphatic carbocycles. The van der Waals surface area contributed by atoms with Gasteiger partial charge >= 0.3 is 0 Å². The number of hydrogen-bond acceptors (Lipinski definition) is 2. The molecule has 0 atom stereocenters. The second-order valence-corrected chi connectivity index (χ2v) is 18.1. The summed E-state index contributed by atoms with van der Waals surface area (Å²) in [6.07, 6.45) is 0. The zero-order valence-corrected chi connectivity index (χ0v) is 34.5. The topological polar surface area (TPSA) is 17.8 Å². The van der Waals surface area contributed by atoms with Crippen LogP contribution in [0.15, 0.2) is 188 Å². The van der Waals surface area contributed by atoms with E-state index in [1.165, 1.54) is 92.8 Å². The predicted octanol–water partition coefficient (Wildman–Crippen LogP) is 16.2. The van der Waals surface area contributed by atoms with Crippen LogP contribution in [0.5, 0.6) is 0 Å². The van der Waals surface area contributed by atoms with Crippen LogP contribution in [-0.4, -0.2) is 9.55 Å². The zero-order chi connectivity index (χ0) is 40.1. The number of thiophene rings is 1. The lowest BCUT2D eigenvalue weighted by Gasteiger charge is -2.20. The Kier molecular flexibility index (Phi) is 7.70. The predicted molar refractivity (Wildman–Crippen MR) is 256 cm³/mol. The number of hydrogen-bond donors (Lipinski definition) is 0. The number of nitrogens with zero attached hydrogens (tertiary/aromatic N) is 2. The van der Waals surface area contributed by atoms with Gasteiger partial charge in [-0.15, -0.1) is 11.3 Å². The second-order valence-electron chi connectivity index (χ2n) is 17.1. The van der Waals surface area contributed by atoms with E-state index in [0.29, 0.717) is 0 Å². The third-order valence-electron chi connectivity index (χ3n) is 12.5. The lowest BCUT2D eigenvalue weighted by Crippen LogP contribution is -2.11. The molecule has 3 heteroatoms. The van der Waals surface area contributed by atoms with Gasteiger partial charge in [0.2, 0.25) is 0 Å². The summed E-state index contributed by atoms with van der Waals surface area (Å²) in [5.41, 5.74) is 16.0. The van der Waals surface area contributed by atoms with E-state index in [1.54, 1.807) is 0 Å². The summed E-state index contributed by atoms with van der Waals surface area (Å²) in [5, 5.41) is 7.43. The third-order valence-corrected chi connectivity index (χ3v) is 13.6. The van der Waals surface area contributed by atoms with Crippen LogP contribution in [-0.2, 0) is 5.41 Å². The minimum atomic E-state index is 0.0434. The van der Waals surface area contributed by atoms with Crippen molar-refractivity contribution >= 4 is 54.7 Å². The molecule has 9 aromatic carbocycles. The second kappa shape index (κ2) is 13.2. The van der Waals surface area contributed by atoms with Crippen LogP contribution in [0.1, 0.15) is 26.3 Å². The molecule has 0 spiro atoms. The molecular formula is C57H40N2S. The average molecular weight is 785 g/mol. The maximum atomic E-state index is 5.65. The highest BCUT2D eigenvalue weighted by Gasteiger charge is 2.31. The minimum absolute atomic E-state index is 0.0434.